The second-order valence-corrected chi connectivity index (χ2v) is 6.13. The molecule has 0 aromatic heterocycles. The van der Waals surface area contributed by atoms with Crippen LogP contribution < -0.4 is 5.32 Å². The van der Waals surface area contributed by atoms with Crippen LogP contribution in [-0.2, 0) is 11.2 Å². The molecule has 0 saturated carbocycles. The van der Waals surface area contributed by atoms with E-state index in [1.165, 1.54) is 11.3 Å². The van der Waals surface area contributed by atoms with Crippen LogP contribution in [0, 0.1) is 5.92 Å². The van der Waals surface area contributed by atoms with Gasteiger partial charge in [-0.2, -0.15) is 0 Å². The van der Waals surface area contributed by atoms with Crippen LogP contribution in [0.5, 0.6) is 0 Å². The summed E-state index contributed by atoms with van der Waals surface area (Å²) in [5.41, 5.74) is 2.41. The number of nitrogens with zero attached hydrogens (tertiary/aromatic N) is 1. The molecule has 4 heteroatoms. The van der Waals surface area contributed by atoms with Crippen molar-refractivity contribution in [2.75, 3.05) is 25.0 Å². The molecule has 0 aliphatic carbocycles. The average molecular weight is 288 g/mol. The molecule has 1 aromatic rings. The van der Waals surface area contributed by atoms with Gasteiger partial charge in [0.15, 0.2) is 0 Å². The Bertz CT molecular complexity index is 503. The summed E-state index contributed by atoms with van der Waals surface area (Å²) >= 11 is 0. The van der Waals surface area contributed by atoms with Gasteiger partial charge in [-0.05, 0) is 43.7 Å². The summed E-state index contributed by atoms with van der Waals surface area (Å²) in [7, 11) is 0. The fourth-order valence-corrected chi connectivity index (χ4v) is 3.60. The maximum absolute atomic E-state index is 12.8. The zero-order valence-corrected chi connectivity index (χ0v) is 12.4. The molecule has 1 fully saturated rings. The van der Waals surface area contributed by atoms with E-state index in [1.807, 2.05) is 12.1 Å². The van der Waals surface area contributed by atoms with Gasteiger partial charge in [0, 0.05) is 31.4 Å². The summed E-state index contributed by atoms with van der Waals surface area (Å²) in [6.07, 6.45) is 4.74. The Kier molecular flexibility index (Phi) is 4.44. The molecule has 4 nitrogen and oxygen atoms in total. The van der Waals surface area contributed by atoms with E-state index in [2.05, 4.69) is 22.3 Å². The highest BCUT2D eigenvalue weighted by atomic mass is 16.3. The number of hydrogen-bond donors (Lipinski definition) is 2. The minimum atomic E-state index is 0.0506. The monoisotopic (exact) mass is 288 g/mol. The van der Waals surface area contributed by atoms with E-state index < -0.39 is 0 Å². The minimum Gasteiger partial charge on any atom is -0.396 e. The van der Waals surface area contributed by atoms with Crippen molar-refractivity contribution in [3.63, 3.8) is 0 Å². The van der Waals surface area contributed by atoms with Crippen molar-refractivity contribution in [1.29, 1.82) is 0 Å². The molecule has 2 aliphatic rings. The summed E-state index contributed by atoms with van der Waals surface area (Å²) in [5.74, 6) is 0.340. The van der Waals surface area contributed by atoms with Gasteiger partial charge in [0.2, 0.25) is 5.91 Å². The first-order valence-electron chi connectivity index (χ1n) is 8.02. The molecule has 2 aliphatic heterocycles. The van der Waals surface area contributed by atoms with Gasteiger partial charge in [0.25, 0.3) is 0 Å². The van der Waals surface area contributed by atoms with Crippen LogP contribution in [0.2, 0.25) is 0 Å². The molecule has 2 N–H and O–H groups in total. The lowest BCUT2D eigenvalue weighted by Crippen LogP contribution is -2.43. The zero-order chi connectivity index (χ0) is 14.7. The van der Waals surface area contributed by atoms with E-state index in [0.29, 0.717) is 6.04 Å². The lowest BCUT2D eigenvalue weighted by Gasteiger charge is -2.32. The number of likely N-dealkylation sites (tertiary alicyclic amines) is 1. The van der Waals surface area contributed by atoms with Crippen LogP contribution >= 0.6 is 0 Å². The van der Waals surface area contributed by atoms with Crippen molar-refractivity contribution in [3.05, 3.63) is 29.8 Å². The largest absolute Gasteiger partial charge is 0.396 e. The van der Waals surface area contributed by atoms with Gasteiger partial charge in [0.1, 0.15) is 0 Å². The predicted octanol–water partition coefficient (Wildman–Crippen LogP) is 2.03. The Balaban J connectivity index is 1.66. The van der Waals surface area contributed by atoms with Crippen molar-refractivity contribution in [3.8, 4) is 0 Å². The van der Waals surface area contributed by atoms with Crippen molar-refractivity contribution < 1.29 is 9.90 Å². The Labute approximate surface area is 126 Å². The maximum atomic E-state index is 12.8. The predicted molar refractivity (Wildman–Crippen MR) is 83.2 cm³/mol. The lowest BCUT2D eigenvalue weighted by atomic mass is 9.92. The van der Waals surface area contributed by atoms with Crippen LogP contribution in [-0.4, -0.2) is 41.7 Å². The number of aliphatic hydroxyl groups excluding tert-OH is 1. The third kappa shape index (κ3) is 3.05. The number of carbonyl (C=O) groups excluding carboxylic acids is 1. The highest BCUT2D eigenvalue weighted by Gasteiger charge is 2.34. The van der Waals surface area contributed by atoms with Crippen LogP contribution in [0.1, 0.15) is 31.2 Å². The van der Waals surface area contributed by atoms with E-state index in [1.54, 1.807) is 0 Å². The first kappa shape index (κ1) is 14.4. The molecule has 1 amide bonds. The molecule has 0 radical (unpaired) electrons. The molecule has 2 atom stereocenters. The van der Waals surface area contributed by atoms with Gasteiger partial charge in [-0.15, -0.1) is 0 Å². The topological polar surface area (TPSA) is 52.6 Å². The summed E-state index contributed by atoms with van der Waals surface area (Å²) in [5, 5.41) is 12.4. The number of para-hydroxylation sites is 1. The molecule has 2 heterocycles. The van der Waals surface area contributed by atoms with Crippen LogP contribution in [0.4, 0.5) is 5.69 Å². The number of aliphatic hydroxyl groups is 1. The van der Waals surface area contributed by atoms with Crippen LogP contribution in [0.25, 0.3) is 0 Å². The lowest BCUT2D eigenvalue weighted by molar-refractivity contribution is -0.136. The number of benzene rings is 1. The first-order valence-corrected chi connectivity index (χ1v) is 8.02. The van der Waals surface area contributed by atoms with Gasteiger partial charge in [-0.3, -0.25) is 4.79 Å². The number of amides is 1. The smallest absolute Gasteiger partial charge is 0.228 e. The SMILES string of the molecule is O=C(C1CNc2ccccc2C1)N1CCCC1CCCO. The van der Waals surface area contributed by atoms with E-state index >= 15 is 0 Å². The quantitative estimate of drug-likeness (QED) is 0.891. The molecule has 0 bridgehead atoms. The Hall–Kier alpha value is -1.55. The van der Waals surface area contributed by atoms with Crippen LogP contribution in [0.3, 0.4) is 0 Å². The maximum Gasteiger partial charge on any atom is 0.228 e. The number of nitrogens with one attached hydrogen (secondary N) is 1. The van der Waals surface area contributed by atoms with Crippen molar-refractivity contribution in [2.45, 2.75) is 38.1 Å². The van der Waals surface area contributed by atoms with E-state index in [0.717, 1.165) is 45.2 Å². The highest BCUT2D eigenvalue weighted by Crippen LogP contribution is 2.29. The molecule has 1 saturated heterocycles. The average Bonchev–Trinajstić information content (AvgIpc) is 3.00. The molecular formula is C17H24N2O2. The van der Waals surface area contributed by atoms with Gasteiger partial charge in [-0.1, -0.05) is 18.2 Å². The molecule has 2 unspecified atom stereocenters. The van der Waals surface area contributed by atoms with Gasteiger partial charge < -0.3 is 15.3 Å². The van der Waals surface area contributed by atoms with E-state index in [-0.39, 0.29) is 18.4 Å². The molecule has 1 aromatic carbocycles. The summed E-state index contributed by atoms with van der Waals surface area (Å²) in [4.78, 5) is 14.9. The second-order valence-electron chi connectivity index (χ2n) is 6.13. The van der Waals surface area contributed by atoms with Gasteiger partial charge in [-0.25, -0.2) is 0 Å². The molecular weight excluding hydrogens is 264 g/mol. The summed E-state index contributed by atoms with van der Waals surface area (Å²) in [6.45, 7) is 1.84. The summed E-state index contributed by atoms with van der Waals surface area (Å²) in [6, 6.07) is 8.58. The Morgan fingerprint density at radius 1 is 1.38 bits per heavy atom. The van der Waals surface area contributed by atoms with Crippen molar-refractivity contribution >= 4 is 11.6 Å². The highest BCUT2D eigenvalue weighted by molar-refractivity contribution is 5.81. The number of hydrogen-bond acceptors (Lipinski definition) is 3. The second kappa shape index (κ2) is 6.48. The Morgan fingerprint density at radius 3 is 3.10 bits per heavy atom. The molecule has 0 spiro atoms. The zero-order valence-electron chi connectivity index (χ0n) is 12.4. The first-order chi connectivity index (χ1) is 10.3. The molecule has 21 heavy (non-hydrogen) atoms. The van der Waals surface area contributed by atoms with E-state index in [9.17, 15) is 4.79 Å². The number of fused-ring (bicyclic) bond motifs is 1. The standard InChI is InChI=1S/C17H24N2O2/c20-10-4-7-15-6-3-9-19(15)17(21)14-11-13-5-1-2-8-16(13)18-12-14/h1-2,5,8,14-15,18,20H,3-4,6-7,9-12H2. The Morgan fingerprint density at radius 2 is 2.24 bits per heavy atom. The molecule has 3 rings (SSSR count). The van der Waals surface area contributed by atoms with Crippen molar-refractivity contribution in [1.82, 2.24) is 4.90 Å². The third-order valence-electron chi connectivity index (χ3n) is 4.73. The fraction of sp³-hybridized carbons (Fsp3) is 0.588. The van der Waals surface area contributed by atoms with Gasteiger partial charge in [0.05, 0.1) is 5.92 Å². The van der Waals surface area contributed by atoms with E-state index in [4.69, 9.17) is 5.11 Å². The molecule has 114 valence electrons. The number of rotatable bonds is 4. The van der Waals surface area contributed by atoms with Gasteiger partial charge >= 0.3 is 0 Å². The minimum absolute atomic E-state index is 0.0506. The third-order valence-corrected chi connectivity index (χ3v) is 4.73. The fourth-order valence-electron chi connectivity index (χ4n) is 3.60. The van der Waals surface area contributed by atoms with Crippen molar-refractivity contribution in [2.24, 2.45) is 5.92 Å². The summed E-state index contributed by atoms with van der Waals surface area (Å²) < 4.78 is 0. The normalized spacial score (nSPS) is 24.5. The number of anilines is 1. The number of carbonyl (C=O) groups is 1. The van der Waals surface area contributed by atoms with Crippen LogP contribution in [0.15, 0.2) is 24.3 Å².